The lowest BCUT2D eigenvalue weighted by Crippen LogP contribution is -2.42. The van der Waals surface area contributed by atoms with E-state index in [1.807, 2.05) is 4.90 Å². The van der Waals surface area contributed by atoms with Crippen LogP contribution in [0.4, 0.5) is 0 Å². The number of aromatic nitrogens is 1. The molecule has 6 nitrogen and oxygen atoms in total. The van der Waals surface area contributed by atoms with Crippen LogP contribution < -0.4 is 4.74 Å². The number of carboxylic acids is 1. The molecule has 1 aliphatic heterocycles. The number of hydrogen-bond acceptors (Lipinski definition) is 5. The molecule has 0 bridgehead atoms. The van der Waals surface area contributed by atoms with Crippen LogP contribution in [0, 0.1) is 0 Å². The summed E-state index contributed by atoms with van der Waals surface area (Å²) >= 11 is 0. The van der Waals surface area contributed by atoms with Gasteiger partial charge in [0.05, 0.1) is 20.3 Å². The number of rotatable bonds is 4. The minimum atomic E-state index is -0.871. The lowest BCUT2D eigenvalue weighted by atomic mass is 10.1. The van der Waals surface area contributed by atoms with Crippen molar-refractivity contribution in [2.45, 2.75) is 6.04 Å². The molecule has 1 fully saturated rings. The quantitative estimate of drug-likeness (QED) is 0.843. The molecule has 0 saturated carbocycles. The van der Waals surface area contributed by atoms with Crippen LogP contribution in [0.5, 0.6) is 5.88 Å². The molecule has 1 saturated heterocycles. The highest BCUT2D eigenvalue weighted by atomic mass is 16.5. The monoisotopic (exact) mass is 252 g/mol. The first-order valence-electron chi connectivity index (χ1n) is 5.77. The number of hydrogen-bond donors (Lipinski definition) is 1. The van der Waals surface area contributed by atoms with E-state index in [0.717, 1.165) is 0 Å². The van der Waals surface area contributed by atoms with Crippen molar-refractivity contribution in [3.05, 3.63) is 23.9 Å². The standard InChI is InChI=1S/C12H16N2O4/c1-17-10-3-2-9(8-13-10)11(12(15)16)14-4-6-18-7-5-14/h2-3,8,11H,4-7H2,1H3,(H,15,16). The van der Waals surface area contributed by atoms with E-state index in [1.165, 1.54) is 7.11 Å². The Labute approximate surface area is 105 Å². The van der Waals surface area contributed by atoms with E-state index in [1.54, 1.807) is 18.3 Å². The Morgan fingerprint density at radius 2 is 2.22 bits per heavy atom. The summed E-state index contributed by atoms with van der Waals surface area (Å²) in [5.74, 6) is -0.395. The van der Waals surface area contributed by atoms with E-state index in [2.05, 4.69) is 4.98 Å². The predicted octanol–water partition coefficient (Wildman–Crippen LogP) is 0.548. The van der Waals surface area contributed by atoms with Crippen molar-refractivity contribution in [2.75, 3.05) is 33.4 Å². The van der Waals surface area contributed by atoms with Gasteiger partial charge in [-0.2, -0.15) is 0 Å². The topological polar surface area (TPSA) is 71.9 Å². The summed E-state index contributed by atoms with van der Waals surface area (Å²) < 4.78 is 10.2. The van der Waals surface area contributed by atoms with Crippen molar-refractivity contribution in [1.82, 2.24) is 9.88 Å². The van der Waals surface area contributed by atoms with Gasteiger partial charge in [0.2, 0.25) is 5.88 Å². The number of carbonyl (C=O) groups is 1. The van der Waals surface area contributed by atoms with E-state index in [9.17, 15) is 9.90 Å². The molecule has 1 aliphatic rings. The first-order valence-corrected chi connectivity index (χ1v) is 5.77. The molecule has 1 unspecified atom stereocenters. The fraction of sp³-hybridized carbons (Fsp3) is 0.500. The number of methoxy groups -OCH3 is 1. The van der Waals surface area contributed by atoms with Crippen molar-refractivity contribution in [3.8, 4) is 5.88 Å². The van der Waals surface area contributed by atoms with Crippen LogP contribution in [0.25, 0.3) is 0 Å². The van der Waals surface area contributed by atoms with Gasteiger partial charge >= 0.3 is 5.97 Å². The number of aliphatic carboxylic acids is 1. The first-order chi connectivity index (χ1) is 8.72. The van der Waals surface area contributed by atoms with Crippen LogP contribution in [-0.4, -0.2) is 54.4 Å². The number of carboxylic acid groups (broad SMARTS) is 1. The Morgan fingerprint density at radius 1 is 1.50 bits per heavy atom. The van der Waals surface area contributed by atoms with Crippen LogP contribution in [-0.2, 0) is 9.53 Å². The van der Waals surface area contributed by atoms with Gasteiger partial charge in [0.25, 0.3) is 0 Å². The molecule has 0 radical (unpaired) electrons. The van der Waals surface area contributed by atoms with Gasteiger partial charge in [-0.05, 0) is 11.6 Å². The minimum absolute atomic E-state index is 0.477. The second-order valence-corrected chi connectivity index (χ2v) is 4.02. The average Bonchev–Trinajstić information content (AvgIpc) is 2.40. The summed E-state index contributed by atoms with van der Waals surface area (Å²) in [5, 5.41) is 9.36. The maximum absolute atomic E-state index is 11.4. The first kappa shape index (κ1) is 12.8. The molecular formula is C12H16N2O4. The molecule has 1 N–H and O–H groups in total. The Hall–Kier alpha value is -1.66. The fourth-order valence-electron chi connectivity index (χ4n) is 2.02. The van der Waals surface area contributed by atoms with Gasteiger partial charge in [0, 0.05) is 25.4 Å². The van der Waals surface area contributed by atoms with Gasteiger partial charge in [0.15, 0.2) is 0 Å². The molecule has 18 heavy (non-hydrogen) atoms. The summed E-state index contributed by atoms with van der Waals surface area (Å²) in [6, 6.07) is 2.73. The van der Waals surface area contributed by atoms with Crippen molar-refractivity contribution in [2.24, 2.45) is 0 Å². The summed E-state index contributed by atoms with van der Waals surface area (Å²) in [5.41, 5.74) is 0.658. The number of morpholine rings is 1. The van der Waals surface area contributed by atoms with Gasteiger partial charge in [-0.3, -0.25) is 9.69 Å². The van der Waals surface area contributed by atoms with Gasteiger partial charge in [-0.15, -0.1) is 0 Å². The van der Waals surface area contributed by atoms with E-state index < -0.39 is 12.0 Å². The molecule has 1 atom stereocenters. The van der Waals surface area contributed by atoms with E-state index in [-0.39, 0.29) is 0 Å². The summed E-state index contributed by atoms with van der Waals surface area (Å²) in [6.45, 7) is 2.35. The molecule has 6 heteroatoms. The van der Waals surface area contributed by atoms with Gasteiger partial charge < -0.3 is 14.6 Å². The Balaban J connectivity index is 2.20. The third-order valence-electron chi connectivity index (χ3n) is 2.93. The number of nitrogens with zero attached hydrogens (tertiary/aromatic N) is 2. The third-order valence-corrected chi connectivity index (χ3v) is 2.93. The maximum atomic E-state index is 11.4. The molecule has 1 aromatic heterocycles. The van der Waals surface area contributed by atoms with Crippen molar-refractivity contribution >= 4 is 5.97 Å². The van der Waals surface area contributed by atoms with Crippen molar-refractivity contribution in [3.63, 3.8) is 0 Å². The zero-order valence-electron chi connectivity index (χ0n) is 10.2. The smallest absolute Gasteiger partial charge is 0.325 e. The molecule has 1 aromatic rings. The summed E-state index contributed by atoms with van der Waals surface area (Å²) in [6.07, 6.45) is 1.55. The predicted molar refractivity (Wildman–Crippen MR) is 63.6 cm³/mol. The van der Waals surface area contributed by atoms with Crippen LogP contribution in [0.1, 0.15) is 11.6 Å². The lowest BCUT2D eigenvalue weighted by Gasteiger charge is -2.31. The molecule has 0 spiro atoms. The summed E-state index contributed by atoms with van der Waals surface area (Å²) in [4.78, 5) is 17.3. The maximum Gasteiger partial charge on any atom is 0.325 e. The third kappa shape index (κ3) is 2.77. The molecule has 98 valence electrons. The zero-order valence-corrected chi connectivity index (χ0v) is 10.2. The van der Waals surface area contributed by atoms with Crippen LogP contribution >= 0.6 is 0 Å². The normalized spacial score (nSPS) is 18.3. The van der Waals surface area contributed by atoms with Crippen molar-refractivity contribution < 1.29 is 19.4 Å². The molecule has 2 heterocycles. The van der Waals surface area contributed by atoms with Crippen molar-refractivity contribution in [1.29, 1.82) is 0 Å². The second kappa shape index (κ2) is 5.79. The largest absolute Gasteiger partial charge is 0.481 e. The molecular weight excluding hydrogens is 236 g/mol. The van der Waals surface area contributed by atoms with Crippen LogP contribution in [0.2, 0.25) is 0 Å². The van der Waals surface area contributed by atoms with E-state index in [4.69, 9.17) is 9.47 Å². The molecule has 0 amide bonds. The number of pyridine rings is 1. The van der Waals surface area contributed by atoms with Crippen LogP contribution in [0.3, 0.4) is 0 Å². The highest BCUT2D eigenvalue weighted by molar-refractivity contribution is 5.75. The minimum Gasteiger partial charge on any atom is -0.481 e. The van der Waals surface area contributed by atoms with E-state index in [0.29, 0.717) is 37.7 Å². The second-order valence-electron chi connectivity index (χ2n) is 4.02. The fourth-order valence-corrected chi connectivity index (χ4v) is 2.02. The Kier molecular flexibility index (Phi) is 4.11. The van der Waals surface area contributed by atoms with Gasteiger partial charge in [-0.1, -0.05) is 0 Å². The SMILES string of the molecule is COc1ccc(C(C(=O)O)N2CCOCC2)cn1. The summed E-state index contributed by atoms with van der Waals surface area (Å²) in [7, 11) is 1.53. The average molecular weight is 252 g/mol. The lowest BCUT2D eigenvalue weighted by molar-refractivity contribution is -0.145. The highest BCUT2D eigenvalue weighted by Crippen LogP contribution is 2.22. The van der Waals surface area contributed by atoms with Gasteiger partial charge in [-0.25, -0.2) is 4.98 Å². The highest BCUT2D eigenvalue weighted by Gasteiger charge is 2.28. The Bertz CT molecular complexity index is 401. The van der Waals surface area contributed by atoms with Crippen LogP contribution in [0.15, 0.2) is 18.3 Å². The van der Waals surface area contributed by atoms with E-state index >= 15 is 0 Å². The Morgan fingerprint density at radius 3 is 2.72 bits per heavy atom. The zero-order chi connectivity index (χ0) is 13.0. The number of ether oxygens (including phenoxy) is 2. The molecule has 2 rings (SSSR count). The van der Waals surface area contributed by atoms with Gasteiger partial charge in [0.1, 0.15) is 6.04 Å². The molecule has 0 aliphatic carbocycles. The molecule has 0 aromatic carbocycles.